The molecule has 1 atom stereocenters. The Morgan fingerprint density at radius 2 is 2.33 bits per heavy atom. The predicted octanol–water partition coefficient (Wildman–Crippen LogP) is 1.55. The molecule has 18 heavy (non-hydrogen) atoms. The number of rotatable bonds is 4. The van der Waals surface area contributed by atoms with Crippen molar-refractivity contribution in [3.8, 4) is 5.69 Å². The normalized spacial score (nSPS) is 12.1. The molecule has 1 amide bonds. The van der Waals surface area contributed by atoms with Gasteiger partial charge in [-0.05, 0) is 30.7 Å². The highest BCUT2D eigenvalue weighted by Gasteiger charge is 2.11. The van der Waals surface area contributed by atoms with E-state index in [0.29, 0.717) is 6.42 Å². The monoisotopic (exact) mass is 244 g/mol. The molecule has 1 aromatic carbocycles. The summed E-state index contributed by atoms with van der Waals surface area (Å²) < 4.78 is 1.73. The minimum atomic E-state index is -0.474. The van der Waals surface area contributed by atoms with Crippen LogP contribution in [0.5, 0.6) is 0 Å². The Kier molecular flexibility index (Phi) is 3.74. The van der Waals surface area contributed by atoms with Gasteiger partial charge in [0.15, 0.2) is 0 Å². The van der Waals surface area contributed by atoms with E-state index in [1.54, 1.807) is 10.9 Å². The summed E-state index contributed by atoms with van der Waals surface area (Å²) in [4.78, 5) is 11.7. The second-order valence-electron chi connectivity index (χ2n) is 4.00. The van der Waals surface area contributed by atoms with Crippen molar-refractivity contribution in [2.24, 2.45) is 5.73 Å². The maximum atomic E-state index is 11.7. The fraction of sp³-hybridized carbons (Fsp3) is 0.231. The zero-order valence-corrected chi connectivity index (χ0v) is 10.2. The average Bonchev–Trinajstić information content (AvgIpc) is 2.92. The molecule has 0 aliphatic heterocycles. The molecule has 3 N–H and O–H groups in total. The molecule has 0 bridgehead atoms. The first-order valence-corrected chi connectivity index (χ1v) is 5.87. The van der Waals surface area contributed by atoms with E-state index < -0.39 is 6.04 Å². The van der Waals surface area contributed by atoms with Gasteiger partial charge in [0.2, 0.25) is 5.91 Å². The highest BCUT2D eigenvalue weighted by molar-refractivity contribution is 5.94. The Labute approximate surface area is 106 Å². The van der Waals surface area contributed by atoms with E-state index in [-0.39, 0.29) is 5.91 Å². The summed E-state index contributed by atoms with van der Waals surface area (Å²) in [5.41, 5.74) is 7.28. The summed E-state index contributed by atoms with van der Waals surface area (Å²) in [6.07, 6.45) is 4.17. The quantitative estimate of drug-likeness (QED) is 0.857. The van der Waals surface area contributed by atoms with Crippen molar-refractivity contribution in [3.05, 3.63) is 42.7 Å². The zero-order chi connectivity index (χ0) is 13.0. The molecule has 0 saturated carbocycles. The van der Waals surface area contributed by atoms with Gasteiger partial charge in [0.05, 0.1) is 11.7 Å². The number of carbonyl (C=O) groups excluding carboxylic acids is 1. The summed E-state index contributed by atoms with van der Waals surface area (Å²) in [7, 11) is 0. The van der Waals surface area contributed by atoms with E-state index in [2.05, 4.69) is 10.4 Å². The van der Waals surface area contributed by atoms with E-state index in [4.69, 9.17) is 5.73 Å². The van der Waals surface area contributed by atoms with Gasteiger partial charge in [-0.15, -0.1) is 0 Å². The summed E-state index contributed by atoms with van der Waals surface area (Å²) in [5.74, 6) is -0.171. The molecule has 1 heterocycles. The van der Waals surface area contributed by atoms with Crippen molar-refractivity contribution in [2.75, 3.05) is 5.32 Å². The Hall–Kier alpha value is -2.14. The molecule has 0 unspecified atom stereocenters. The van der Waals surface area contributed by atoms with E-state index in [1.165, 1.54) is 0 Å². The number of hydrogen-bond acceptors (Lipinski definition) is 3. The van der Waals surface area contributed by atoms with Crippen LogP contribution in [0.4, 0.5) is 5.69 Å². The first-order chi connectivity index (χ1) is 8.70. The van der Waals surface area contributed by atoms with Gasteiger partial charge in [0, 0.05) is 18.1 Å². The van der Waals surface area contributed by atoms with E-state index in [9.17, 15) is 4.79 Å². The fourth-order valence-corrected chi connectivity index (χ4v) is 1.57. The molecule has 2 aromatic rings. The number of aromatic nitrogens is 2. The highest BCUT2D eigenvalue weighted by atomic mass is 16.2. The van der Waals surface area contributed by atoms with Crippen LogP contribution in [0.25, 0.3) is 5.69 Å². The van der Waals surface area contributed by atoms with Crippen LogP contribution in [0.3, 0.4) is 0 Å². The molecule has 0 spiro atoms. The molecule has 0 aliphatic carbocycles. The van der Waals surface area contributed by atoms with Crippen molar-refractivity contribution >= 4 is 11.6 Å². The first kappa shape index (κ1) is 12.3. The Balaban J connectivity index is 2.16. The van der Waals surface area contributed by atoms with E-state index in [0.717, 1.165) is 11.4 Å². The minimum Gasteiger partial charge on any atom is -0.325 e. The van der Waals surface area contributed by atoms with Crippen molar-refractivity contribution in [3.63, 3.8) is 0 Å². The highest BCUT2D eigenvalue weighted by Crippen LogP contribution is 2.14. The second kappa shape index (κ2) is 5.46. The first-order valence-electron chi connectivity index (χ1n) is 5.87. The van der Waals surface area contributed by atoms with Crippen LogP contribution < -0.4 is 11.1 Å². The van der Waals surface area contributed by atoms with Crippen LogP contribution in [0.15, 0.2) is 42.7 Å². The average molecular weight is 244 g/mol. The fourth-order valence-electron chi connectivity index (χ4n) is 1.57. The summed E-state index contributed by atoms with van der Waals surface area (Å²) in [5, 5.41) is 6.93. The van der Waals surface area contributed by atoms with E-state index in [1.807, 2.05) is 43.5 Å². The third kappa shape index (κ3) is 2.75. The lowest BCUT2D eigenvalue weighted by molar-refractivity contribution is -0.117. The van der Waals surface area contributed by atoms with Crippen molar-refractivity contribution in [1.29, 1.82) is 0 Å². The maximum absolute atomic E-state index is 11.7. The van der Waals surface area contributed by atoms with Crippen LogP contribution >= 0.6 is 0 Å². The lowest BCUT2D eigenvalue weighted by Crippen LogP contribution is -2.34. The number of carbonyl (C=O) groups is 1. The number of anilines is 1. The Morgan fingerprint density at radius 1 is 1.50 bits per heavy atom. The molecule has 1 aromatic heterocycles. The van der Waals surface area contributed by atoms with Crippen LogP contribution in [0.2, 0.25) is 0 Å². The summed E-state index contributed by atoms with van der Waals surface area (Å²) >= 11 is 0. The molecule has 0 aliphatic rings. The van der Waals surface area contributed by atoms with Gasteiger partial charge in [-0.2, -0.15) is 5.10 Å². The summed E-state index contributed by atoms with van der Waals surface area (Å²) in [6.45, 7) is 1.88. The van der Waals surface area contributed by atoms with Gasteiger partial charge in [-0.3, -0.25) is 4.79 Å². The smallest absolute Gasteiger partial charge is 0.241 e. The van der Waals surface area contributed by atoms with Crippen molar-refractivity contribution < 1.29 is 4.79 Å². The maximum Gasteiger partial charge on any atom is 0.241 e. The van der Waals surface area contributed by atoms with Gasteiger partial charge in [0.1, 0.15) is 0 Å². The van der Waals surface area contributed by atoms with Gasteiger partial charge < -0.3 is 11.1 Å². The molecule has 0 fully saturated rings. The molecule has 0 radical (unpaired) electrons. The number of benzene rings is 1. The lowest BCUT2D eigenvalue weighted by atomic mass is 10.2. The van der Waals surface area contributed by atoms with E-state index >= 15 is 0 Å². The molecule has 5 heteroatoms. The SMILES string of the molecule is CC[C@@H](N)C(=O)Nc1cccc(-n2cccn2)c1. The third-order valence-electron chi connectivity index (χ3n) is 2.66. The molecule has 94 valence electrons. The van der Waals surface area contributed by atoms with Crippen LogP contribution in [0.1, 0.15) is 13.3 Å². The molecule has 5 nitrogen and oxygen atoms in total. The van der Waals surface area contributed by atoms with Crippen molar-refractivity contribution in [1.82, 2.24) is 9.78 Å². The minimum absolute atomic E-state index is 0.171. The van der Waals surface area contributed by atoms with Gasteiger partial charge in [-0.1, -0.05) is 13.0 Å². The van der Waals surface area contributed by atoms with Gasteiger partial charge >= 0.3 is 0 Å². The standard InChI is InChI=1S/C13H16N4O/c1-2-12(14)13(18)16-10-5-3-6-11(9-10)17-8-4-7-15-17/h3-9,12H,2,14H2,1H3,(H,16,18)/t12-/m1/s1. The topological polar surface area (TPSA) is 72.9 Å². The molecular formula is C13H16N4O. The van der Waals surface area contributed by atoms with Crippen molar-refractivity contribution in [2.45, 2.75) is 19.4 Å². The third-order valence-corrected chi connectivity index (χ3v) is 2.66. The van der Waals surface area contributed by atoms with Gasteiger partial charge in [0.25, 0.3) is 0 Å². The summed E-state index contributed by atoms with van der Waals surface area (Å²) in [6, 6.07) is 8.84. The van der Waals surface area contributed by atoms with Crippen LogP contribution in [-0.4, -0.2) is 21.7 Å². The van der Waals surface area contributed by atoms with Crippen LogP contribution in [-0.2, 0) is 4.79 Å². The second-order valence-corrected chi connectivity index (χ2v) is 4.00. The molecule has 2 rings (SSSR count). The predicted molar refractivity (Wildman–Crippen MR) is 70.5 cm³/mol. The largest absolute Gasteiger partial charge is 0.325 e. The zero-order valence-electron chi connectivity index (χ0n) is 10.2. The number of nitrogens with zero attached hydrogens (tertiary/aromatic N) is 2. The van der Waals surface area contributed by atoms with Crippen LogP contribution in [0, 0.1) is 0 Å². The Bertz CT molecular complexity index is 522. The molecule has 0 saturated heterocycles. The Morgan fingerprint density at radius 3 is 3.00 bits per heavy atom. The van der Waals surface area contributed by atoms with Gasteiger partial charge in [-0.25, -0.2) is 4.68 Å². The number of nitrogens with one attached hydrogen (secondary N) is 1. The number of nitrogens with two attached hydrogens (primary N) is 1. The lowest BCUT2D eigenvalue weighted by Gasteiger charge is -2.11. The number of hydrogen-bond donors (Lipinski definition) is 2. The molecular weight excluding hydrogens is 228 g/mol. The number of amides is 1.